The third-order valence-electron chi connectivity index (χ3n) is 5.24. The molecule has 2 unspecified atom stereocenters. The molecule has 0 spiro atoms. The molecule has 6 heteroatoms. The Morgan fingerprint density at radius 3 is 2.76 bits per heavy atom. The number of aromatic nitrogens is 1. The second-order valence-electron chi connectivity index (χ2n) is 7.32. The van der Waals surface area contributed by atoms with Gasteiger partial charge in [-0.05, 0) is 30.9 Å². The van der Waals surface area contributed by atoms with Gasteiger partial charge in [0.1, 0.15) is 11.9 Å². The topological polar surface area (TPSA) is 72.3 Å². The molecule has 1 saturated carbocycles. The van der Waals surface area contributed by atoms with Crippen molar-refractivity contribution in [3.8, 4) is 6.07 Å². The fourth-order valence-corrected chi connectivity index (χ4v) is 3.82. The number of hydrogen-bond donors (Lipinski definition) is 1. The average Bonchev–Trinajstić information content (AvgIpc) is 2.62. The number of rotatable bonds is 4. The van der Waals surface area contributed by atoms with E-state index in [1.807, 2.05) is 6.07 Å². The van der Waals surface area contributed by atoms with Crippen LogP contribution in [0.1, 0.15) is 38.2 Å². The Morgan fingerprint density at radius 1 is 1.32 bits per heavy atom. The molecule has 3 rings (SSSR count). The lowest BCUT2D eigenvalue weighted by Gasteiger charge is -2.35. The highest BCUT2D eigenvalue weighted by atomic mass is 16.2. The number of hydrogen-bond acceptors (Lipinski definition) is 5. The Labute approximate surface area is 149 Å². The molecule has 1 saturated heterocycles. The quantitative estimate of drug-likeness (QED) is 0.904. The molecule has 1 N–H and O–H groups in total. The van der Waals surface area contributed by atoms with Crippen LogP contribution in [-0.2, 0) is 4.79 Å². The maximum atomic E-state index is 12.3. The van der Waals surface area contributed by atoms with Crippen LogP contribution in [0.15, 0.2) is 18.3 Å². The van der Waals surface area contributed by atoms with Crippen LogP contribution < -0.4 is 10.2 Å². The summed E-state index contributed by atoms with van der Waals surface area (Å²) < 4.78 is 0. The Hall–Kier alpha value is -2.13. The lowest BCUT2D eigenvalue weighted by molar-refractivity contribution is -0.123. The van der Waals surface area contributed by atoms with E-state index in [1.165, 1.54) is 12.8 Å². The molecule has 0 aromatic carbocycles. The SMILES string of the molecule is CC1CCCC(NC(=O)CN2CCN(c3ccc(C#N)cn3)CC2)C1. The fraction of sp³-hybridized carbons (Fsp3) is 0.632. The van der Waals surface area contributed by atoms with E-state index >= 15 is 0 Å². The number of nitrogens with one attached hydrogen (secondary N) is 1. The lowest BCUT2D eigenvalue weighted by atomic mass is 9.87. The highest BCUT2D eigenvalue weighted by Crippen LogP contribution is 2.23. The van der Waals surface area contributed by atoms with Crippen molar-refractivity contribution in [1.82, 2.24) is 15.2 Å². The number of pyridine rings is 1. The van der Waals surface area contributed by atoms with Crippen molar-refractivity contribution in [3.63, 3.8) is 0 Å². The van der Waals surface area contributed by atoms with Gasteiger partial charge in [0.05, 0.1) is 12.1 Å². The van der Waals surface area contributed by atoms with Crippen molar-refractivity contribution >= 4 is 11.7 Å². The Balaban J connectivity index is 1.42. The van der Waals surface area contributed by atoms with E-state index in [1.54, 1.807) is 12.3 Å². The maximum Gasteiger partial charge on any atom is 0.234 e. The minimum absolute atomic E-state index is 0.157. The predicted octanol–water partition coefficient (Wildman–Crippen LogP) is 1.77. The fourth-order valence-electron chi connectivity index (χ4n) is 3.82. The van der Waals surface area contributed by atoms with Crippen molar-refractivity contribution in [2.45, 2.75) is 38.6 Å². The zero-order valence-corrected chi connectivity index (χ0v) is 14.9. The molecule has 2 heterocycles. The van der Waals surface area contributed by atoms with Gasteiger partial charge in [0, 0.05) is 38.4 Å². The highest BCUT2D eigenvalue weighted by molar-refractivity contribution is 5.78. The number of amides is 1. The van der Waals surface area contributed by atoms with Crippen molar-refractivity contribution in [3.05, 3.63) is 23.9 Å². The molecule has 2 aliphatic rings. The van der Waals surface area contributed by atoms with Crippen molar-refractivity contribution in [1.29, 1.82) is 5.26 Å². The third kappa shape index (κ3) is 4.93. The van der Waals surface area contributed by atoms with Gasteiger partial charge in [-0.2, -0.15) is 5.26 Å². The summed E-state index contributed by atoms with van der Waals surface area (Å²) in [4.78, 5) is 21.1. The molecule has 2 fully saturated rings. The van der Waals surface area contributed by atoms with Gasteiger partial charge in [-0.1, -0.05) is 19.8 Å². The van der Waals surface area contributed by atoms with Gasteiger partial charge < -0.3 is 10.2 Å². The molecule has 6 nitrogen and oxygen atoms in total. The van der Waals surface area contributed by atoms with E-state index in [0.29, 0.717) is 18.2 Å². The Bertz CT molecular complexity index is 616. The molecule has 25 heavy (non-hydrogen) atoms. The second-order valence-corrected chi connectivity index (χ2v) is 7.32. The molecule has 2 atom stereocenters. The summed E-state index contributed by atoms with van der Waals surface area (Å²) in [5, 5.41) is 12.1. The van der Waals surface area contributed by atoms with Crippen LogP contribution in [0, 0.1) is 17.2 Å². The number of anilines is 1. The monoisotopic (exact) mass is 341 g/mol. The van der Waals surface area contributed by atoms with Gasteiger partial charge in [0.15, 0.2) is 0 Å². The predicted molar refractivity (Wildman–Crippen MR) is 97.2 cm³/mol. The summed E-state index contributed by atoms with van der Waals surface area (Å²) in [5.41, 5.74) is 0.580. The Morgan fingerprint density at radius 2 is 2.12 bits per heavy atom. The van der Waals surface area contributed by atoms with E-state index in [9.17, 15) is 4.79 Å². The Kier molecular flexibility index (Phi) is 5.87. The van der Waals surface area contributed by atoms with Crippen LogP contribution in [0.5, 0.6) is 0 Å². The molecule has 1 amide bonds. The van der Waals surface area contributed by atoms with Crippen LogP contribution in [-0.4, -0.2) is 54.6 Å². The number of nitriles is 1. The summed E-state index contributed by atoms with van der Waals surface area (Å²) in [6, 6.07) is 6.14. The minimum atomic E-state index is 0.157. The van der Waals surface area contributed by atoms with Crippen LogP contribution in [0.2, 0.25) is 0 Å². The van der Waals surface area contributed by atoms with Crippen LogP contribution in [0.25, 0.3) is 0 Å². The van der Waals surface area contributed by atoms with Gasteiger partial charge in [-0.3, -0.25) is 9.69 Å². The molecule has 134 valence electrons. The average molecular weight is 341 g/mol. The smallest absolute Gasteiger partial charge is 0.234 e. The van der Waals surface area contributed by atoms with E-state index in [2.05, 4.69) is 33.1 Å². The van der Waals surface area contributed by atoms with E-state index < -0.39 is 0 Å². The first-order valence-electron chi connectivity index (χ1n) is 9.27. The van der Waals surface area contributed by atoms with E-state index in [0.717, 1.165) is 50.8 Å². The summed E-state index contributed by atoms with van der Waals surface area (Å²) in [7, 11) is 0. The molecule has 1 aromatic rings. The number of carbonyl (C=O) groups is 1. The van der Waals surface area contributed by atoms with Gasteiger partial charge in [0.2, 0.25) is 5.91 Å². The normalized spacial score (nSPS) is 24.6. The minimum Gasteiger partial charge on any atom is -0.354 e. The van der Waals surface area contributed by atoms with Crippen LogP contribution in [0.4, 0.5) is 5.82 Å². The standard InChI is InChI=1S/C19H27N5O/c1-15-3-2-4-17(11-15)22-19(25)14-23-7-9-24(10-8-23)18-6-5-16(12-20)13-21-18/h5-6,13,15,17H,2-4,7-11,14H2,1H3,(H,22,25). The van der Waals surface area contributed by atoms with Gasteiger partial charge in [-0.15, -0.1) is 0 Å². The van der Waals surface area contributed by atoms with Gasteiger partial charge >= 0.3 is 0 Å². The molecular weight excluding hydrogens is 314 g/mol. The van der Waals surface area contributed by atoms with Crippen LogP contribution in [0.3, 0.4) is 0 Å². The first-order valence-corrected chi connectivity index (χ1v) is 9.27. The van der Waals surface area contributed by atoms with E-state index in [4.69, 9.17) is 5.26 Å². The zero-order valence-electron chi connectivity index (χ0n) is 14.9. The largest absolute Gasteiger partial charge is 0.354 e. The van der Waals surface area contributed by atoms with Crippen LogP contribution >= 0.6 is 0 Å². The number of nitrogens with zero attached hydrogens (tertiary/aromatic N) is 4. The maximum absolute atomic E-state index is 12.3. The van der Waals surface area contributed by atoms with Crippen molar-refractivity contribution < 1.29 is 4.79 Å². The first-order chi connectivity index (χ1) is 12.1. The van der Waals surface area contributed by atoms with Crippen molar-refractivity contribution in [2.75, 3.05) is 37.6 Å². The number of piperazine rings is 1. The summed E-state index contributed by atoms with van der Waals surface area (Å²) >= 11 is 0. The van der Waals surface area contributed by atoms with E-state index in [-0.39, 0.29) is 5.91 Å². The lowest BCUT2D eigenvalue weighted by Crippen LogP contribution is -2.51. The highest BCUT2D eigenvalue weighted by Gasteiger charge is 2.23. The second kappa shape index (κ2) is 8.30. The van der Waals surface area contributed by atoms with Crippen molar-refractivity contribution in [2.24, 2.45) is 5.92 Å². The summed E-state index contributed by atoms with van der Waals surface area (Å²) in [5.74, 6) is 1.78. The van der Waals surface area contributed by atoms with Gasteiger partial charge in [0.25, 0.3) is 0 Å². The molecular formula is C19H27N5O. The zero-order chi connectivity index (χ0) is 17.6. The molecule has 0 radical (unpaired) electrons. The molecule has 0 bridgehead atoms. The molecule has 1 aliphatic heterocycles. The molecule has 1 aliphatic carbocycles. The molecule has 1 aromatic heterocycles. The summed E-state index contributed by atoms with van der Waals surface area (Å²) in [6.07, 6.45) is 6.36. The summed E-state index contributed by atoms with van der Waals surface area (Å²) in [6.45, 7) is 6.18. The number of carbonyl (C=O) groups excluding carboxylic acids is 1. The van der Waals surface area contributed by atoms with Gasteiger partial charge in [-0.25, -0.2) is 4.98 Å². The first kappa shape index (κ1) is 17.7. The third-order valence-corrected chi connectivity index (χ3v) is 5.24.